The van der Waals surface area contributed by atoms with E-state index in [1.54, 1.807) is 36.4 Å². The van der Waals surface area contributed by atoms with Gasteiger partial charge in [0.15, 0.2) is 17.0 Å². The van der Waals surface area contributed by atoms with Crippen molar-refractivity contribution in [3.8, 4) is 11.5 Å². The van der Waals surface area contributed by atoms with Crippen LogP contribution in [0.5, 0.6) is 11.5 Å². The molecule has 152 valence electrons. The average molecular weight is 462 g/mol. The molecule has 4 atom stereocenters. The van der Waals surface area contributed by atoms with Gasteiger partial charge in [0.05, 0.1) is 20.1 Å². The van der Waals surface area contributed by atoms with Crippen LogP contribution in [-0.2, 0) is 10.3 Å². The minimum Gasteiger partial charge on any atom is -0.493 e. The van der Waals surface area contributed by atoms with Crippen LogP contribution in [0.4, 0.5) is 5.69 Å². The maximum atomic E-state index is 13.1. The first-order valence-electron chi connectivity index (χ1n) is 9.08. The lowest BCUT2D eigenvalue weighted by atomic mass is 9.78. The second-order valence-corrected chi connectivity index (χ2v) is 8.08. The molecule has 0 radical (unpaired) electrons. The smallest absolute Gasteiger partial charge is 0.256 e. The maximum Gasteiger partial charge on any atom is 0.256 e. The molecule has 2 N–H and O–H groups in total. The Hall–Kier alpha value is -2.65. The van der Waals surface area contributed by atoms with E-state index in [1.807, 2.05) is 6.92 Å². The third-order valence-electron chi connectivity index (χ3n) is 5.83. The van der Waals surface area contributed by atoms with Crippen LogP contribution >= 0.6 is 15.9 Å². The van der Waals surface area contributed by atoms with Gasteiger partial charge in [0.2, 0.25) is 0 Å². The Morgan fingerprint density at radius 3 is 2.48 bits per heavy atom. The van der Waals surface area contributed by atoms with E-state index in [2.05, 4.69) is 26.6 Å². The highest BCUT2D eigenvalue weighted by molar-refractivity contribution is 9.10. The molecule has 1 spiro atoms. The number of rotatable bonds is 4. The molecule has 2 aliphatic rings. The third kappa shape index (κ3) is 2.71. The summed E-state index contributed by atoms with van der Waals surface area (Å²) in [7, 11) is 3.04. The van der Waals surface area contributed by atoms with Gasteiger partial charge in [-0.3, -0.25) is 20.2 Å². The number of fused-ring (bicyclic) bond motifs is 2. The van der Waals surface area contributed by atoms with Gasteiger partial charge >= 0.3 is 0 Å². The molecule has 0 aromatic heterocycles. The summed E-state index contributed by atoms with van der Waals surface area (Å²) in [5, 5.41) is 18.4. The number of carbonyl (C=O) groups is 1. The number of halogens is 1. The molecule has 0 unspecified atom stereocenters. The third-order valence-corrected chi connectivity index (χ3v) is 6.51. The highest BCUT2D eigenvalue weighted by Crippen LogP contribution is 2.51. The predicted octanol–water partition coefficient (Wildman–Crippen LogP) is 3.03. The Morgan fingerprint density at radius 1 is 1.17 bits per heavy atom. The van der Waals surface area contributed by atoms with E-state index in [-0.39, 0.29) is 11.0 Å². The van der Waals surface area contributed by atoms with E-state index >= 15 is 0 Å². The molecule has 0 saturated carbocycles. The zero-order valence-electron chi connectivity index (χ0n) is 16.1. The lowest BCUT2D eigenvalue weighted by molar-refractivity contribution is -0.532. The van der Waals surface area contributed by atoms with Gasteiger partial charge in [-0.05, 0) is 30.7 Å². The zero-order chi connectivity index (χ0) is 20.9. The highest BCUT2D eigenvalue weighted by atomic mass is 79.9. The standard InChI is InChI=1S/C20H20BrN3O5/c1-10-17(11-8-15(28-2)16(29-3)9-13(11)21)18(24(26)27)20(23-10)12-6-4-5-7-14(12)22-19(20)25/h4-10,17-18,23H,1-3H3,(H,22,25)/t10-,17-,18-,20-/m0/s1. The number of hydrogen-bond donors (Lipinski definition) is 2. The van der Waals surface area contributed by atoms with Crippen LogP contribution in [0.1, 0.15) is 24.0 Å². The number of nitrogens with one attached hydrogen (secondary N) is 2. The van der Waals surface area contributed by atoms with Gasteiger partial charge in [0, 0.05) is 26.7 Å². The van der Waals surface area contributed by atoms with Crippen molar-refractivity contribution in [2.45, 2.75) is 30.5 Å². The van der Waals surface area contributed by atoms with Crippen LogP contribution in [-0.4, -0.2) is 37.1 Å². The summed E-state index contributed by atoms with van der Waals surface area (Å²) >= 11 is 3.52. The molecule has 8 nitrogen and oxygen atoms in total. The Balaban J connectivity index is 1.91. The Labute approximate surface area is 175 Å². The topological polar surface area (TPSA) is 103 Å². The first kappa shape index (κ1) is 19.7. The number of nitro groups is 1. The molecule has 2 aromatic rings. The normalized spacial score (nSPS) is 27.6. The van der Waals surface area contributed by atoms with Gasteiger partial charge in [0.1, 0.15) is 0 Å². The Bertz CT molecular complexity index is 1010. The van der Waals surface area contributed by atoms with Crippen LogP contribution in [0.15, 0.2) is 40.9 Å². The summed E-state index contributed by atoms with van der Waals surface area (Å²) in [6, 6.07) is 8.99. The fourth-order valence-corrected chi connectivity index (χ4v) is 5.23. The quantitative estimate of drug-likeness (QED) is 0.535. The number of nitrogens with zero attached hydrogens (tertiary/aromatic N) is 1. The van der Waals surface area contributed by atoms with E-state index in [4.69, 9.17) is 9.47 Å². The van der Waals surface area contributed by atoms with Crippen LogP contribution in [0, 0.1) is 10.1 Å². The van der Waals surface area contributed by atoms with E-state index in [9.17, 15) is 14.9 Å². The number of benzene rings is 2. The number of amides is 1. The maximum absolute atomic E-state index is 13.1. The summed E-state index contributed by atoms with van der Waals surface area (Å²) in [6.07, 6.45) is 0. The number of para-hydroxylation sites is 1. The average Bonchev–Trinajstić information content (AvgIpc) is 3.16. The number of ether oxygens (including phenoxy) is 2. The molecule has 9 heteroatoms. The first-order valence-corrected chi connectivity index (χ1v) is 9.88. The predicted molar refractivity (Wildman–Crippen MR) is 110 cm³/mol. The molecule has 0 aliphatic carbocycles. The van der Waals surface area contributed by atoms with E-state index in [0.29, 0.717) is 32.8 Å². The van der Waals surface area contributed by atoms with Crippen molar-refractivity contribution in [3.05, 3.63) is 62.1 Å². The van der Waals surface area contributed by atoms with Gasteiger partial charge in [-0.2, -0.15) is 0 Å². The number of anilines is 1. The monoisotopic (exact) mass is 461 g/mol. The lowest BCUT2D eigenvalue weighted by Gasteiger charge is -2.26. The minimum absolute atomic E-state index is 0.350. The summed E-state index contributed by atoms with van der Waals surface area (Å²) < 4.78 is 11.4. The van der Waals surface area contributed by atoms with Gasteiger partial charge < -0.3 is 14.8 Å². The summed E-state index contributed by atoms with van der Waals surface area (Å²) in [6.45, 7) is 1.85. The molecular formula is C20H20BrN3O5. The summed E-state index contributed by atoms with van der Waals surface area (Å²) in [5.41, 5.74) is 0.420. The molecule has 2 aliphatic heterocycles. The molecule has 1 amide bonds. The molecule has 29 heavy (non-hydrogen) atoms. The molecule has 2 aromatic carbocycles. The van der Waals surface area contributed by atoms with Crippen molar-refractivity contribution >= 4 is 27.5 Å². The minimum atomic E-state index is -1.45. The van der Waals surface area contributed by atoms with Crippen molar-refractivity contribution in [2.75, 3.05) is 19.5 Å². The van der Waals surface area contributed by atoms with Gasteiger partial charge in [-0.1, -0.05) is 34.1 Å². The highest BCUT2D eigenvalue weighted by Gasteiger charge is 2.67. The van der Waals surface area contributed by atoms with Crippen LogP contribution in [0.3, 0.4) is 0 Å². The van der Waals surface area contributed by atoms with Gasteiger partial charge in [0.25, 0.3) is 11.9 Å². The van der Waals surface area contributed by atoms with Crippen LogP contribution in [0.25, 0.3) is 0 Å². The van der Waals surface area contributed by atoms with E-state index < -0.39 is 23.4 Å². The SMILES string of the molecule is COc1cc(Br)c([C@@H]2[C@H](C)N[C@]3(C(=O)Nc4ccccc43)[C@H]2[N+](=O)[O-])cc1OC. The number of carbonyl (C=O) groups excluding carboxylic acids is 1. The van der Waals surface area contributed by atoms with Crippen molar-refractivity contribution < 1.29 is 19.2 Å². The van der Waals surface area contributed by atoms with Crippen LogP contribution in [0.2, 0.25) is 0 Å². The second kappa shape index (κ2) is 7.00. The second-order valence-electron chi connectivity index (χ2n) is 7.23. The molecule has 0 bridgehead atoms. The summed E-state index contributed by atoms with van der Waals surface area (Å²) in [5.74, 6) is -0.0160. The van der Waals surface area contributed by atoms with Gasteiger partial charge in [-0.15, -0.1) is 0 Å². The lowest BCUT2D eigenvalue weighted by Crippen LogP contribution is -2.54. The Kier molecular flexibility index (Phi) is 4.74. The van der Waals surface area contributed by atoms with Crippen molar-refractivity contribution in [1.82, 2.24) is 5.32 Å². The molecule has 4 rings (SSSR count). The summed E-state index contributed by atoms with van der Waals surface area (Å²) in [4.78, 5) is 25.1. The van der Waals surface area contributed by atoms with Crippen molar-refractivity contribution in [2.24, 2.45) is 0 Å². The van der Waals surface area contributed by atoms with Gasteiger partial charge in [-0.25, -0.2) is 0 Å². The molecule has 1 fully saturated rings. The fourth-order valence-electron chi connectivity index (χ4n) is 4.65. The van der Waals surface area contributed by atoms with Crippen LogP contribution < -0.4 is 20.1 Å². The fraction of sp³-hybridized carbons (Fsp3) is 0.350. The molecule has 1 saturated heterocycles. The molecular weight excluding hydrogens is 442 g/mol. The zero-order valence-corrected chi connectivity index (χ0v) is 17.6. The van der Waals surface area contributed by atoms with E-state index in [1.165, 1.54) is 14.2 Å². The van der Waals surface area contributed by atoms with Crippen molar-refractivity contribution in [1.29, 1.82) is 0 Å². The number of methoxy groups -OCH3 is 2. The Morgan fingerprint density at radius 2 is 1.83 bits per heavy atom. The first-order chi connectivity index (χ1) is 13.8. The van der Waals surface area contributed by atoms with E-state index in [0.717, 1.165) is 0 Å². The largest absolute Gasteiger partial charge is 0.493 e. The number of hydrogen-bond acceptors (Lipinski definition) is 6. The molecule has 2 heterocycles. The van der Waals surface area contributed by atoms with Crippen molar-refractivity contribution in [3.63, 3.8) is 0 Å².